The zero-order valence-electron chi connectivity index (χ0n) is 12.4. The molecule has 0 aliphatic carbocycles. The number of sulfone groups is 1. The van der Waals surface area contributed by atoms with E-state index >= 15 is 0 Å². The van der Waals surface area contributed by atoms with Crippen LogP contribution in [0.5, 0.6) is 0 Å². The van der Waals surface area contributed by atoms with Crippen molar-refractivity contribution in [2.75, 3.05) is 31.6 Å². The van der Waals surface area contributed by atoms with Crippen molar-refractivity contribution < 1.29 is 8.42 Å². The van der Waals surface area contributed by atoms with Gasteiger partial charge in [-0.2, -0.15) is 0 Å². The van der Waals surface area contributed by atoms with Gasteiger partial charge >= 0.3 is 0 Å². The molecule has 106 valence electrons. The molecule has 0 aromatic heterocycles. The highest BCUT2D eigenvalue weighted by Gasteiger charge is 2.08. The third kappa shape index (κ3) is 12.2. The van der Waals surface area contributed by atoms with Crippen molar-refractivity contribution in [2.45, 2.75) is 39.4 Å². The first-order chi connectivity index (χ1) is 8.14. The van der Waals surface area contributed by atoms with Gasteiger partial charge in [-0.15, -0.1) is 11.5 Å². The van der Waals surface area contributed by atoms with E-state index in [0.717, 1.165) is 25.9 Å². The van der Waals surface area contributed by atoms with Crippen LogP contribution in [0.2, 0.25) is 19.6 Å². The second-order valence-corrected chi connectivity index (χ2v) is 12.7. The molecule has 0 aliphatic heterocycles. The molecule has 0 amide bonds. The molecule has 5 heteroatoms. The van der Waals surface area contributed by atoms with E-state index < -0.39 is 17.9 Å². The van der Waals surface area contributed by atoms with Gasteiger partial charge in [-0.1, -0.05) is 26.6 Å². The Balaban J connectivity index is 3.91. The summed E-state index contributed by atoms with van der Waals surface area (Å²) in [6, 6.07) is 0. The fourth-order valence-corrected chi connectivity index (χ4v) is 2.69. The van der Waals surface area contributed by atoms with E-state index in [1.165, 1.54) is 6.26 Å². The van der Waals surface area contributed by atoms with Crippen LogP contribution in [0.3, 0.4) is 0 Å². The Labute approximate surface area is 114 Å². The SMILES string of the molecule is CCN(CCCC#C[Si](C)(C)C)CCS(C)(=O)=O. The standard InChI is InChI=1S/C13H27NO2SSi/c1-6-14(11-12-17(2,15)16)10-8-7-9-13-18(3,4)5/h6-8,10-12H2,1-5H3. The van der Waals surface area contributed by atoms with Gasteiger partial charge in [0.2, 0.25) is 0 Å². The summed E-state index contributed by atoms with van der Waals surface area (Å²) < 4.78 is 22.2. The first kappa shape index (κ1) is 17.7. The number of hydrogen-bond donors (Lipinski definition) is 0. The molecule has 0 radical (unpaired) electrons. The third-order valence-corrected chi connectivity index (χ3v) is 4.32. The second kappa shape index (κ2) is 7.98. The van der Waals surface area contributed by atoms with Gasteiger partial charge in [0, 0.05) is 19.2 Å². The van der Waals surface area contributed by atoms with Crippen LogP contribution in [-0.4, -0.2) is 53.0 Å². The molecule has 0 saturated heterocycles. The summed E-state index contributed by atoms with van der Waals surface area (Å²) in [7, 11) is -4.08. The molecule has 0 saturated carbocycles. The average molecular weight is 290 g/mol. The minimum atomic E-state index is -2.85. The topological polar surface area (TPSA) is 37.4 Å². The quantitative estimate of drug-likeness (QED) is 0.409. The predicted octanol–water partition coefficient (Wildman–Crippen LogP) is 2.01. The maximum absolute atomic E-state index is 11.1. The van der Waals surface area contributed by atoms with E-state index in [4.69, 9.17) is 0 Å². The highest BCUT2D eigenvalue weighted by atomic mass is 32.2. The minimum absolute atomic E-state index is 0.251. The van der Waals surface area contributed by atoms with Crippen LogP contribution in [0.15, 0.2) is 0 Å². The summed E-state index contributed by atoms with van der Waals surface area (Å²) in [4.78, 5) is 2.18. The molecule has 0 bridgehead atoms. The van der Waals surface area contributed by atoms with Gasteiger partial charge in [0.1, 0.15) is 17.9 Å². The number of unbranched alkanes of at least 4 members (excludes halogenated alkanes) is 1. The number of rotatable bonds is 7. The van der Waals surface area contributed by atoms with Crippen molar-refractivity contribution >= 4 is 17.9 Å². The molecule has 0 heterocycles. The van der Waals surface area contributed by atoms with Crippen LogP contribution in [-0.2, 0) is 9.84 Å². The highest BCUT2D eigenvalue weighted by Crippen LogP contribution is 1.99. The Morgan fingerprint density at radius 1 is 1.17 bits per heavy atom. The van der Waals surface area contributed by atoms with Gasteiger partial charge in [-0.3, -0.25) is 0 Å². The molecular formula is C13H27NO2SSi. The monoisotopic (exact) mass is 289 g/mol. The molecule has 0 spiro atoms. The molecule has 0 unspecified atom stereocenters. The fourth-order valence-electron chi connectivity index (χ4n) is 1.44. The Morgan fingerprint density at radius 3 is 2.22 bits per heavy atom. The highest BCUT2D eigenvalue weighted by molar-refractivity contribution is 7.90. The normalized spacial score (nSPS) is 12.3. The third-order valence-electron chi connectivity index (χ3n) is 2.47. The van der Waals surface area contributed by atoms with Crippen LogP contribution in [0.4, 0.5) is 0 Å². The van der Waals surface area contributed by atoms with Gasteiger partial charge in [-0.25, -0.2) is 8.42 Å². The van der Waals surface area contributed by atoms with Crippen molar-refractivity contribution in [2.24, 2.45) is 0 Å². The summed E-state index contributed by atoms with van der Waals surface area (Å²) in [6.07, 6.45) is 3.23. The first-order valence-electron chi connectivity index (χ1n) is 6.54. The molecule has 0 aromatic carbocycles. The van der Waals surface area contributed by atoms with Crippen molar-refractivity contribution in [1.82, 2.24) is 4.90 Å². The smallest absolute Gasteiger partial charge is 0.148 e. The summed E-state index contributed by atoms with van der Waals surface area (Å²) in [5.41, 5.74) is 3.34. The van der Waals surface area contributed by atoms with Crippen LogP contribution >= 0.6 is 0 Å². The first-order valence-corrected chi connectivity index (χ1v) is 12.1. The van der Waals surface area contributed by atoms with Crippen molar-refractivity contribution in [3.05, 3.63) is 0 Å². The summed E-state index contributed by atoms with van der Waals surface area (Å²) in [5.74, 6) is 3.50. The Morgan fingerprint density at radius 2 is 1.78 bits per heavy atom. The average Bonchev–Trinajstić information content (AvgIpc) is 2.19. The Bertz CT molecular complexity index is 387. The van der Waals surface area contributed by atoms with E-state index in [2.05, 4.69) is 42.9 Å². The number of nitrogens with zero attached hydrogens (tertiary/aromatic N) is 1. The fraction of sp³-hybridized carbons (Fsp3) is 0.846. The van der Waals surface area contributed by atoms with Gasteiger partial charge in [0.15, 0.2) is 0 Å². The minimum Gasteiger partial charge on any atom is -0.303 e. The van der Waals surface area contributed by atoms with Crippen molar-refractivity contribution in [3.8, 4) is 11.5 Å². The zero-order chi connectivity index (χ0) is 14.2. The van der Waals surface area contributed by atoms with Crippen LogP contribution in [0.25, 0.3) is 0 Å². The second-order valence-electron chi connectivity index (χ2n) is 5.72. The molecule has 0 rings (SSSR count). The van der Waals surface area contributed by atoms with E-state index in [1.807, 2.05) is 0 Å². The lowest BCUT2D eigenvalue weighted by molar-refractivity contribution is 0.302. The van der Waals surface area contributed by atoms with E-state index in [-0.39, 0.29) is 5.75 Å². The lowest BCUT2D eigenvalue weighted by atomic mass is 10.3. The van der Waals surface area contributed by atoms with Crippen molar-refractivity contribution in [3.63, 3.8) is 0 Å². The Kier molecular flexibility index (Phi) is 7.84. The predicted molar refractivity (Wildman–Crippen MR) is 82.2 cm³/mol. The molecule has 3 nitrogen and oxygen atoms in total. The van der Waals surface area contributed by atoms with Crippen molar-refractivity contribution in [1.29, 1.82) is 0 Å². The molecule has 0 atom stereocenters. The molecule has 18 heavy (non-hydrogen) atoms. The molecular weight excluding hydrogens is 262 g/mol. The van der Waals surface area contributed by atoms with Gasteiger partial charge in [0.25, 0.3) is 0 Å². The maximum Gasteiger partial charge on any atom is 0.148 e. The largest absolute Gasteiger partial charge is 0.303 e. The van der Waals surface area contributed by atoms with E-state index in [0.29, 0.717) is 6.54 Å². The summed E-state index contributed by atoms with van der Waals surface area (Å²) in [5, 5.41) is 0. The van der Waals surface area contributed by atoms with E-state index in [1.54, 1.807) is 0 Å². The van der Waals surface area contributed by atoms with E-state index in [9.17, 15) is 8.42 Å². The molecule has 0 fully saturated rings. The maximum atomic E-state index is 11.1. The zero-order valence-corrected chi connectivity index (χ0v) is 14.2. The van der Waals surface area contributed by atoms with Gasteiger partial charge < -0.3 is 4.90 Å². The summed E-state index contributed by atoms with van der Waals surface area (Å²) in [6.45, 7) is 11.3. The Hall–Kier alpha value is -0.313. The molecule has 0 aromatic rings. The summed E-state index contributed by atoms with van der Waals surface area (Å²) >= 11 is 0. The van der Waals surface area contributed by atoms with Crippen LogP contribution in [0, 0.1) is 11.5 Å². The van der Waals surface area contributed by atoms with Gasteiger partial charge in [-0.05, 0) is 19.5 Å². The lowest BCUT2D eigenvalue weighted by Gasteiger charge is -2.19. The van der Waals surface area contributed by atoms with Crippen LogP contribution in [0.1, 0.15) is 19.8 Å². The number of hydrogen-bond acceptors (Lipinski definition) is 3. The van der Waals surface area contributed by atoms with Gasteiger partial charge in [0.05, 0.1) is 5.75 Å². The molecule has 0 N–H and O–H groups in total. The molecule has 0 aliphatic rings. The lowest BCUT2D eigenvalue weighted by Crippen LogP contribution is -2.29. The van der Waals surface area contributed by atoms with Crippen LogP contribution < -0.4 is 0 Å².